The van der Waals surface area contributed by atoms with Crippen molar-refractivity contribution in [2.75, 3.05) is 13.1 Å². The number of piperidine rings is 1. The molecule has 1 saturated heterocycles. The van der Waals surface area contributed by atoms with Gasteiger partial charge in [-0.2, -0.15) is 0 Å². The molecule has 1 aromatic rings. The first kappa shape index (κ1) is 15.4. The summed E-state index contributed by atoms with van der Waals surface area (Å²) < 4.78 is 0. The van der Waals surface area contributed by atoms with E-state index in [1.165, 1.54) is 5.01 Å². The fourth-order valence-corrected chi connectivity index (χ4v) is 3.63. The molecule has 0 aliphatic carbocycles. The Balaban J connectivity index is 2.08. The van der Waals surface area contributed by atoms with Gasteiger partial charge in [0.15, 0.2) is 0 Å². The summed E-state index contributed by atoms with van der Waals surface area (Å²) >= 11 is 1.73. The molecule has 0 bridgehead atoms. The van der Waals surface area contributed by atoms with Gasteiger partial charge in [-0.1, -0.05) is 13.8 Å². The molecule has 1 amide bonds. The molecule has 1 aliphatic heterocycles. The smallest absolute Gasteiger partial charge is 0.242 e. The minimum Gasteiger partial charge on any atom is -0.340 e. The van der Waals surface area contributed by atoms with Crippen LogP contribution >= 0.6 is 11.3 Å². The van der Waals surface area contributed by atoms with Gasteiger partial charge in [-0.25, -0.2) is 4.98 Å². The molecule has 1 fully saturated rings. The van der Waals surface area contributed by atoms with Gasteiger partial charge in [-0.15, -0.1) is 11.3 Å². The first-order valence-electron chi connectivity index (χ1n) is 7.32. The molecule has 1 atom stereocenters. The molecule has 0 radical (unpaired) electrons. The van der Waals surface area contributed by atoms with E-state index >= 15 is 0 Å². The van der Waals surface area contributed by atoms with Crippen molar-refractivity contribution in [3.63, 3.8) is 0 Å². The van der Waals surface area contributed by atoms with Crippen molar-refractivity contribution in [1.82, 2.24) is 9.88 Å². The summed E-state index contributed by atoms with van der Waals surface area (Å²) in [5, 5.41) is 3.31. The second-order valence-electron chi connectivity index (χ2n) is 6.58. The maximum Gasteiger partial charge on any atom is 0.242 e. The maximum atomic E-state index is 12.3. The van der Waals surface area contributed by atoms with Crippen LogP contribution in [0.2, 0.25) is 0 Å². The van der Waals surface area contributed by atoms with Gasteiger partial charge in [0.2, 0.25) is 5.91 Å². The molecule has 112 valence electrons. The summed E-state index contributed by atoms with van der Waals surface area (Å²) in [6.07, 6.45) is 2.14. The Morgan fingerprint density at radius 1 is 1.55 bits per heavy atom. The molecule has 1 aromatic heterocycles. The van der Waals surface area contributed by atoms with Crippen molar-refractivity contribution >= 4 is 17.2 Å². The number of aromatic nitrogens is 1. The number of nitrogens with two attached hydrogens (primary N) is 1. The van der Waals surface area contributed by atoms with Gasteiger partial charge in [0, 0.05) is 24.4 Å². The van der Waals surface area contributed by atoms with Crippen LogP contribution in [0.25, 0.3) is 0 Å². The third-order valence-corrected chi connectivity index (χ3v) is 4.77. The summed E-state index contributed by atoms with van der Waals surface area (Å²) in [5.41, 5.74) is 6.31. The highest BCUT2D eigenvalue weighted by atomic mass is 32.1. The molecule has 5 heteroatoms. The number of likely N-dealkylation sites (tertiary alicyclic amines) is 1. The Morgan fingerprint density at radius 3 is 2.80 bits per heavy atom. The van der Waals surface area contributed by atoms with Crippen LogP contribution in [0.15, 0.2) is 5.38 Å². The van der Waals surface area contributed by atoms with Crippen LogP contribution < -0.4 is 5.73 Å². The number of thiazole rings is 1. The van der Waals surface area contributed by atoms with Crippen LogP contribution in [0.3, 0.4) is 0 Å². The largest absolute Gasteiger partial charge is 0.340 e. The Kier molecular flexibility index (Phi) is 4.49. The number of hydrogen-bond donors (Lipinski definition) is 1. The second kappa shape index (κ2) is 5.82. The van der Waals surface area contributed by atoms with E-state index < -0.39 is 5.54 Å². The van der Waals surface area contributed by atoms with Crippen LogP contribution in [0, 0.1) is 0 Å². The molecule has 0 saturated carbocycles. The summed E-state index contributed by atoms with van der Waals surface area (Å²) in [4.78, 5) is 18.9. The molecule has 0 aromatic carbocycles. The van der Waals surface area contributed by atoms with Gasteiger partial charge in [0.25, 0.3) is 0 Å². The lowest BCUT2D eigenvalue weighted by Crippen LogP contribution is -2.53. The van der Waals surface area contributed by atoms with E-state index in [2.05, 4.69) is 19.2 Å². The van der Waals surface area contributed by atoms with Crippen LogP contribution in [0.4, 0.5) is 0 Å². The third-order valence-electron chi connectivity index (χ3n) is 3.74. The Morgan fingerprint density at radius 2 is 2.25 bits per heavy atom. The topological polar surface area (TPSA) is 59.2 Å². The Hall–Kier alpha value is -0.940. The maximum absolute atomic E-state index is 12.3. The van der Waals surface area contributed by atoms with Gasteiger partial charge in [0.1, 0.15) is 0 Å². The van der Waals surface area contributed by atoms with E-state index in [4.69, 9.17) is 10.7 Å². The van der Waals surface area contributed by atoms with Crippen molar-refractivity contribution in [1.29, 1.82) is 0 Å². The first-order chi connectivity index (χ1) is 9.29. The molecule has 2 rings (SSSR count). The zero-order valence-electron chi connectivity index (χ0n) is 12.8. The van der Waals surface area contributed by atoms with E-state index in [1.54, 1.807) is 25.2 Å². The lowest BCUT2D eigenvalue weighted by Gasteiger charge is -2.35. The number of amides is 1. The highest BCUT2D eigenvalue weighted by Crippen LogP contribution is 2.31. The molecule has 20 heavy (non-hydrogen) atoms. The molecule has 0 spiro atoms. The van der Waals surface area contributed by atoms with Crippen LogP contribution in [-0.2, 0) is 4.79 Å². The van der Waals surface area contributed by atoms with Gasteiger partial charge in [-0.05, 0) is 32.6 Å². The second-order valence-corrected chi connectivity index (χ2v) is 7.47. The normalized spacial score (nSPS) is 20.5. The highest BCUT2D eigenvalue weighted by molar-refractivity contribution is 7.09. The molecule has 1 aliphatic rings. The van der Waals surface area contributed by atoms with Gasteiger partial charge < -0.3 is 10.6 Å². The minimum atomic E-state index is -0.784. The molecule has 1 unspecified atom stereocenters. The SMILES string of the molecule is CC(C)c1csc(C2CCCN(C(=O)C(C)(C)N)C2)n1. The zero-order valence-corrected chi connectivity index (χ0v) is 13.7. The van der Waals surface area contributed by atoms with E-state index in [0.717, 1.165) is 31.6 Å². The lowest BCUT2D eigenvalue weighted by molar-refractivity contribution is -0.137. The van der Waals surface area contributed by atoms with E-state index in [0.29, 0.717) is 11.8 Å². The Bertz CT molecular complexity index is 476. The van der Waals surface area contributed by atoms with Gasteiger partial charge in [-0.3, -0.25) is 4.79 Å². The van der Waals surface area contributed by atoms with Gasteiger partial charge >= 0.3 is 0 Å². The summed E-state index contributed by atoms with van der Waals surface area (Å²) in [7, 11) is 0. The first-order valence-corrected chi connectivity index (χ1v) is 8.20. The number of carbonyl (C=O) groups excluding carboxylic acids is 1. The Labute approximate surface area is 125 Å². The van der Waals surface area contributed by atoms with Crippen molar-refractivity contribution in [2.45, 2.75) is 57.9 Å². The molecule has 2 heterocycles. The lowest BCUT2D eigenvalue weighted by atomic mass is 9.96. The molecular formula is C15H25N3OS. The average Bonchev–Trinajstić information content (AvgIpc) is 2.86. The molecule has 4 nitrogen and oxygen atoms in total. The number of carbonyl (C=O) groups is 1. The summed E-state index contributed by atoms with van der Waals surface area (Å²) in [6, 6.07) is 0. The quantitative estimate of drug-likeness (QED) is 0.932. The van der Waals surface area contributed by atoms with Gasteiger partial charge in [0.05, 0.1) is 16.2 Å². The number of hydrogen-bond acceptors (Lipinski definition) is 4. The van der Waals surface area contributed by atoms with Crippen molar-refractivity contribution in [3.05, 3.63) is 16.1 Å². The van der Waals surface area contributed by atoms with Crippen molar-refractivity contribution < 1.29 is 4.79 Å². The van der Waals surface area contributed by atoms with E-state index in [9.17, 15) is 4.79 Å². The van der Waals surface area contributed by atoms with E-state index in [1.807, 2.05) is 4.90 Å². The zero-order chi connectivity index (χ0) is 14.9. The predicted molar refractivity (Wildman–Crippen MR) is 83.0 cm³/mol. The van der Waals surface area contributed by atoms with Crippen LogP contribution in [0.5, 0.6) is 0 Å². The van der Waals surface area contributed by atoms with Crippen LogP contribution in [0.1, 0.15) is 63.1 Å². The van der Waals surface area contributed by atoms with Crippen molar-refractivity contribution in [2.24, 2.45) is 5.73 Å². The molecule has 2 N–H and O–H groups in total. The fourth-order valence-electron chi connectivity index (χ4n) is 2.52. The third kappa shape index (κ3) is 3.38. The van der Waals surface area contributed by atoms with Crippen LogP contribution in [-0.4, -0.2) is 34.4 Å². The minimum absolute atomic E-state index is 0.0443. The number of rotatable bonds is 3. The average molecular weight is 295 g/mol. The summed E-state index contributed by atoms with van der Waals surface area (Å²) in [6.45, 7) is 9.44. The number of nitrogens with zero attached hydrogens (tertiary/aromatic N) is 2. The predicted octanol–water partition coefficient (Wildman–Crippen LogP) is 2.71. The standard InChI is InChI=1S/C15H25N3OS/c1-10(2)12-9-20-13(17-12)11-6-5-7-18(8-11)14(19)15(3,4)16/h9-11H,5-8,16H2,1-4H3. The fraction of sp³-hybridized carbons (Fsp3) is 0.733. The molecular weight excluding hydrogens is 270 g/mol. The van der Waals surface area contributed by atoms with E-state index in [-0.39, 0.29) is 5.91 Å². The summed E-state index contributed by atoms with van der Waals surface area (Å²) in [5.74, 6) is 0.875. The monoisotopic (exact) mass is 295 g/mol. The van der Waals surface area contributed by atoms with Crippen molar-refractivity contribution in [3.8, 4) is 0 Å². The highest BCUT2D eigenvalue weighted by Gasteiger charge is 2.32.